The van der Waals surface area contributed by atoms with E-state index in [-0.39, 0.29) is 17.4 Å². The Bertz CT molecular complexity index is 853. The molecule has 0 bridgehead atoms. The van der Waals surface area contributed by atoms with Crippen LogP contribution in [-0.4, -0.2) is 41.5 Å². The Morgan fingerprint density at radius 1 is 1.03 bits per heavy atom. The second-order valence-corrected chi connectivity index (χ2v) is 11.1. The summed E-state index contributed by atoms with van der Waals surface area (Å²) in [5.74, 6) is 0.859. The summed E-state index contributed by atoms with van der Waals surface area (Å²) < 4.78 is 29.5. The summed E-state index contributed by atoms with van der Waals surface area (Å²) in [5, 5.41) is 3.21. The molecular weight excluding hydrogens is 436 g/mol. The van der Waals surface area contributed by atoms with Crippen LogP contribution in [0.2, 0.25) is 0 Å². The molecule has 0 aliphatic carbocycles. The van der Waals surface area contributed by atoms with E-state index in [9.17, 15) is 8.96 Å². The maximum Gasteiger partial charge on any atom is 0.325 e. The van der Waals surface area contributed by atoms with Gasteiger partial charge in [0.15, 0.2) is 0 Å². The van der Waals surface area contributed by atoms with Gasteiger partial charge in [-0.05, 0) is 67.0 Å². The van der Waals surface area contributed by atoms with Crippen LogP contribution in [0.4, 0.5) is 4.39 Å². The molecule has 8 heteroatoms. The molecule has 2 aromatic rings. The quantitative estimate of drug-likeness (QED) is 0.225. The van der Waals surface area contributed by atoms with E-state index in [2.05, 4.69) is 29.6 Å². The summed E-state index contributed by atoms with van der Waals surface area (Å²) in [5.41, 5.74) is 2.39. The van der Waals surface area contributed by atoms with Gasteiger partial charge in [0.1, 0.15) is 5.82 Å². The van der Waals surface area contributed by atoms with Gasteiger partial charge < -0.3 is 19.8 Å². The minimum Gasteiger partial charge on any atom is -0.379 e. The Morgan fingerprint density at radius 3 is 2.35 bits per heavy atom. The van der Waals surface area contributed by atoms with Crippen molar-refractivity contribution >= 4 is 19.4 Å². The fourth-order valence-electron chi connectivity index (χ4n) is 3.71. The molecular formula is C23H31FNO4PS. The summed E-state index contributed by atoms with van der Waals surface area (Å²) >= 11 is 1.85. The normalized spacial score (nSPS) is 15.6. The highest BCUT2D eigenvalue weighted by Gasteiger charge is 2.39. The van der Waals surface area contributed by atoms with Crippen LogP contribution >= 0.6 is 19.4 Å². The van der Waals surface area contributed by atoms with Gasteiger partial charge >= 0.3 is 7.60 Å². The highest BCUT2D eigenvalue weighted by Crippen LogP contribution is 2.37. The van der Waals surface area contributed by atoms with E-state index in [0.717, 1.165) is 43.8 Å². The molecule has 1 aliphatic rings. The molecule has 0 amide bonds. The molecule has 0 spiro atoms. The van der Waals surface area contributed by atoms with Crippen LogP contribution in [0.3, 0.4) is 0 Å². The minimum atomic E-state index is -3.89. The van der Waals surface area contributed by atoms with E-state index in [1.54, 1.807) is 0 Å². The third-order valence-electron chi connectivity index (χ3n) is 5.59. The summed E-state index contributed by atoms with van der Waals surface area (Å²) in [6.07, 6.45) is 3.69. The van der Waals surface area contributed by atoms with Gasteiger partial charge in [-0.1, -0.05) is 30.7 Å². The number of hydrogen-bond donors (Lipinski definition) is 3. The lowest BCUT2D eigenvalue weighted by molar-refractivity contribution is -0.0652. The van der Waals surface area contributed by atoms with Crippen molar-refractivity contribution < 1.29 is 23.5 Å². The minimum absolute atomic E-state index is 0.0539. The van der Waals surface area contributed by atoms with Crippen LogP contribution in [0.1, 0.15) is 36.8 Å². The molecule has 1 saturated heterocycles. The lowest BCUT2D eigenvalue weighted by atomic mass is 9.75. The predicted molar refractivity (Wildman–Crippen MR) is 123 cm³/mol. The standard InChI is InChI=1S/C23H31FNO4PS/c24-21-8-6-20(7-9-21)23(17-29-18-23)12-1-2-15-31-22-10-4-19(5-11-22)16-25-13-3-14-30(26,27)28/h4-11,25H,1-3,12-18H2,(H2,26,27,28). The zero-order chi connectivity index (χ0) is 22.2. The van der Waals surface area contributed by atoms with E-state index >= 15 is 0 Å². The fraction of sp³-hybridized carbons (Fsp3) is 0.478. The number of ether oxygens (including phenoxy) is 1. The van der Waals surface area contributed by atoms with Gasteiger partial charge in [0.25, 0.3) is 0 Å². The first-order valence-corrected chi connectivity index (χ1v) is 13.5. The van der Waals surface area contributed by atoms with Gasteiger partial charge in [-0.15, -0.1) is 11.8 Å². The van der Waals surface area contributed by atoms with E-state index in [1.165, 1.54) is 22.6 Å². The predicted octanol–water partition coefficient (Wildman–Crippen LogP) is 4.71. The maximum atomic E-state index is 13.2. The average Bonchev–Trinajstić information content (AvgIpc) is 2.70. The van der Waals surface area contributed by atoms with Gasteiger partial charge in [-0.2, -0.15) is 0 Å². The van der Waals surface area contributed by atoms with E-state index in [0.29, 0.717) is 19.5 Å². The third-order valence-corrected chi connectivity index (χ3v) is 7.58. The fourth-order valence-corrected chi connectivity index (χ4v) is 5.19. The number of rotatable bonds is 13. The van der Waals surface area contributed by atoms with Crippen molar-refractivity contribution in [3.63, 3.8) is 0 Å². The number of benzene rings is 2. The molecule has 0 saturated carbocycles. The van der Waals surface area contributed by atoms with Crippen molar-refractivity contribution in [3.05, 3.63) is 65.5 Å². The summed E-state index contributed by atoms with van der Waals surface area (Å²) in [6, 6.07) is 15.3. The molecule has 2 aromatic carbocycles. The summed E-state index contributed by atoms with van der Waals surface area (Å²) in [7, 11) is -3.89. The molecule has 1 aliphatic heterocycles. The first-order chi connectivity index (χ1) is 14.9. The summed E-state index contributed by atoms with van der Waals surface area (Å²) in [6.45, 7) is 2.73. The Hall–Kier alpha value is -1.21. The number of nitrogens with one attached hydrogen (secondary N) is 1. The Morgan fingerprint density at radius 2 is 1.74 bits per heavy atom. The van der Waals surface area contributed by atoms with Crippen molar-refractivity contribution in [2.75, 3.05) is 31.7 Å². The van der Waals surface area contributed by atoms with Crippen molar-refractivity contribution in [2.45, 2.75) is 42.5 Å². The summed E-state index contributed by atoms with van der Waals surface area (Å²) in [4.78, 5) is 18.9. The van der Waals surface area contributed by atoms with E-state index in [4.69, 9.17) is 14.5 Å². The molecule has 5 nitrogen and oxygen atoms in total. The molecule has 31 heavy (non-hydrogen) atoms. The smallest absolute Gasteiger partial charge is 0.325 e. The molecule has 1 heterocycles. The Kier molecular flexibility index (Phi) is 9.14. The van der Waals surface area contributed by atoms with E-state index < -0.39 is 7.60 Å². The second kappa shape index (κ2) is 11.6. The van der Waals surface area contributed by atoms with Crippen LogP contribution in [0.5, 0.6) is 0 Å². The van der Waals surface area contributed by atoms with E-state index in [1.807, 2.05) is 23.9 Å². The highest BCUT2D eigenvalue weighted by atomic mass is 32.2. The third kappa shape index (κ3) is 8.01. The first kappa shape index (κ1) is 24.4. The van der Waals surface area contributed by atoms with Crippen molar-refractivity contribution in [2.24, 2.45) is 0 Å². The number of thioether (sulfide) groups is 1. The van der Waals surface area contributed by atoms with Gasteiger partial charge in [-0.3, -0.25) is 4.57 Å². The van der Waals surface area contributed by atoms with Crippen LogP contribution in [0.15, 0.2) is 53.4 Å². The van der Waals surface area contributed by atoms with Crippen LogP contribution in [0.25, 0.3) is 0 Å². The zero-order valence-electron chi connectivity index (χ0n) is 17.6. The molecule has 1 fully saturated rings. The van der Waals surface area contributed by atoms with Gasteiger partial charge in [0.2, 0.25) is 0 Å². The lowest BCUT2D eigenvalue weighted by Gasteiger charge is -2.42. The molecule has 0 atom stereocenters. The molecule has 0 unspecified atom stereocenters. The highest BCUT2D eigenvalue weighted by molar-refractivity contribution is 7.99. The maximum absolute atomic E-state index is 13.2. The molecule has 0 radical (unpaired) electrons. The zero-order valence-corrected chi connectivity index (χ0v) is 19.3. The van der Waals surface area contributed by atoms with Crippen molar-refractivity contribution in [3.8, 4) is 0 Å². The van der Waals surface area contributed by atoms with Crippen LogP contribution < -0.4 is 5.32 Å². The largest absolute Gasteiger partial charge is 0.379 e. The average molecular weight is 468 g/mol. The molecule has 3 rings (SSSR count). The van der Waals surface area contributed by atoms with Gasteiger partial charge in [0.05, 0.1) is 19.4 Å². The SMILES string of the molecule is O=P(O)(O)CCCNCc1ccc(SCCCCC2(c3ccc(F)cc3)COC2)cc1. The number of hydrogen-bond acceptors (Lipinski definition) is 4. The molecule has 170 valence electrons. The topological polar surface area (TPSA) is 78.8 Å². The van der Waals surface area contributed by atoms with Gasteiger partial charge in [-0.25, -0.2) is 4.39 Å². The van der Waals surface area contributed by atoms with Crippen LogP contribution in [-0.2, 0) is 21.3 Å². The van der Waals surface area contributed by atoms with Crippen molar-refractivity contribution in [1.29, 1.82) is 0 Å². The first-order valence-electron chi connectivity index (χ1n) is 10.7. The molecule has 3 N–H and O–H groups in total. The number of halogens is 1. The second-order valence-electron chi connectivity index (χ2n) is 8.15. The Balaban J connectivity index is 1.32. The lowest BCUT2D eigenvalue weighted by Crippen LogP contribution is -2.46. The Labute approximate surface area is 188 Å². The van der Waals surface area contributed by atoms with Crippen LogP contribution in [0, 0.1) is 5.82 Å². The monoisotopic (exact) mass is 467 g/mol. The van der Waals surface area contributed by atoms with Crippen molar-refractivity contribution in [1.82, 2.24) is 5.32 Å². The number of unbranched alkanes of at least 4 members (excludes halogenated alkanes) is 1. The molecule has 0 aromatic heterocycles. The van der Waals surface area contributed by atoms with Gasteiger partial charge in [0, 0.05) is 16.9 Å².